The third-order valence-electron chi connectivity index (χ3n) is 3.34. The molecule has 0 aromatic heterocycles. The van der Waals surface area contributed by atoms with E-state index in [2.05, 4.69) is 0 Å². The molecule has 2 aromatic rings. The highest BCUT2D eigenvalue weighted by molar-refractivity contribution is 6.30. The van der Waals surface area contributed by atoms with Gasteiger partial charge in [0.25, 0.3) is 5.91 Å². The van der Waals surface area contributed by atoms with Crippen LogP contribution in [0, 0.1) is 0 Å². The van der Waals surface area contributed by atoms with E-state index in [1.807, 2.05) is 0 Å². The monoisotopic (exact) mass is 363 g/mol. The molecule has 6 nitrogen and oxygen atoms in total. The van der Waals surface area contributed by atoms with Crippen molar-refractivity contribution in [2.45, 2.75) is 0 Å². The second kappa shape index (κ2) is 8.94. The van der Waals surface area contributed by atoms with Crippen LogP contribution in [0.25, 0.3) is 0 Å². The number of phenolic OH excluding ortho intramolecular Hbond substituents is 1. The van der Waals surface area contributed by atoms with Gasteiger partial charge in [0.1, 0.15) is 18.1 Å². The second-order valence-electron chi connectivity index (χ2n) is 5.24. The summed E-state index contributed by atoms with van der Waals surface area (Å²) in [5, 5.41) is 9.95. The van der Waals surface area contributed by atoms with Crippen molar-refractivity contribution < 1.29 is 24.2 Å². The van der Waals surface area contributed by atoms with Gasteiger partial charge in [-0.25, -0.2) is 4.79 Å². The van der Waals surface area contributed by atoms with Crippen LogP contribution in [0.4, 0.5) is 0 Å². The molecule has 1 N–H and O–H groups in total. The molecule has 0 saturated heterocycles. The van der Waals surface area contributed by atoms with Gasteiger partial charge in [0.2, 0.25) is 0 Å². The molecule has 0 saturated carbocycles. The van der Waals surface area contributed by atoms with Gasteiger partial charge in [0.15, 0.2) is 6.61 Å². The minimum atomic E-state index is -0.671. The van der Waals surface area contributed by atoms with Crippen molar-refractivity contribution >= 4 is 23.5 Å². The van der Waals surface area contributed by atoms with Gasteiger partial charge in [0, 0.05) is 12.1 Å². The first kappa shape index (κ1) is 18.6. The Bertz CT molecular complexity index is 733. The van der Waals surface area contributed by atoms with Gasteiger partial charge in [0.05, 0.1) is 12.1 Å². The fourth-order valence-electron chi connectivity index (χ4n) is 1.91. The summed E-state index contributed by atoms with van der Waals surface area (Å²) in [6, 6.07) is 12.6. The molecule has 7 heteroatoms. The lowest BCUT2D eigenvalue weighted by Gasteiger charge is -2.17. The predicted molar refractivity (Wildman–Crippen MR) is 93.0 cm³/mol. The summed E-state index contributed by atoms with van der Waals surface area (Å²) >= 11 is 5.79. The number of likely N-dealkylation sites (N-methyl/N-ethyl adjacent to an activating group) is 1. The lowest BCUT2D eigenvalue weighted by Crippen LogP contribution is -2.34. The molecule has 132 valence electrons. The van der Waals surface area contributed by atoms with Crippen LogP contribution in [0.3, 0.4) is 0 Å². The van der Waals surface area contributed by atoms with Crippen LogP contribution in [0.2, 0.25) is 5.02 Å². The molecule has 25 heavy (non-hydrogen) atoms. The molecule has 2 aromatic carbocycles. The van der Waals surface area contributed by atoms with Crippen LogP contribution in [0.15, 0.2) is 48.5 Å². The molecule has 0 bridgehead atoms. The average molecular weight is 364 g/mol. The van der Waals surface area contributed by atoms with Crippen molar-refractivity contribution in [2.75, 3.05) is 26.8 Å². The molecule has 1 amide bonds. The van der Waals surface area contributed by atoms with E-state index in [-0.39, 0.29) is 23.8 Å². The van der Waals surface area contributed by atoms with Gasteiger partial charge >= 0.3 is 5.97 Å². The van der Waals surface area contributed by atoms with Crippen LogP contribution in [0.5, 0.6) is 11.5 Å². The summed E-state index contributed by atoms with van der Waals surface area (Å²) in [7, 11) is 1.59. The summed E-state index contributed by atoms with van der Waals surface area (Å²) in [5.74, 6) is -0.416. The summed E-state index contributed by atoms with van der Waals surface area (Å²) in [4.78, 5) is 25.2. The van der Waals surface area contributed by atoms with Crippen LogP contribution >= 0.6 is 11.6 Å². The highest BCUT2D eigenvalue weighted by atomic mass is 35.5. The Labute approximate surface area is 150 Å². The fourth-order valence-corrected chi connectivity index (χ4v) is 2.04. The fraction of sp³-hybridized carbons (Fsp3) is 0.222. The van der Waals surface area contributed by atoms with E-state index in [0.29, 0.717) is 23.9 Å². The quantitative estimate of drug-likeness (QED) is 0.765. The first-order valence-electron chi connectivity index (χ1n) is 7.54. The van der Waals surface area contributed by atoms with Gasteiger partial charge in [-0.05, 0) is 42.5 Å². The third kappa shape index (κ3) is 6.00. The molecule has 0 fully saturated rings. The number of amides is 1. The Morgan fingerprint density at radius 2 is 1.88 bits per heavy atom. The molecular weight excluding hydrogens is 346 g/mol. The van der Waals surface area contributed by atoms with Crippen molar-refractivity contribution in [3.8, 4) is 11.5 Å². The number of phenols is 1. The SMILES string of the molecule is CN(CCOc1ccc(Cl)cc1)C(=O)COC(=O)c1cccc(O)c1. The summed E-state index contributed by atoms with van der Waals surface area (Å²) < 4.78 is 10.4. The normalized spacial score (nSPS) is 10.2. The topological polar surface area (TPSA) is 76.1 Å². The number of nitrogens with zero attached hydrogens (tertiary/aromatic N) is 1. The first-order chi connectivity index (χ1) is 12.0. The zero-order valence-electron chi connectivity index (χ0n) is 13.6. The standard InChI is InChI=1S/C18H18ClNO5/c1-20(9-10-24-16-7-5-14(19)6-8-16)17(22)12-25-18(23)13-3-2-4-15(21)11-13/h2-8,11,21H,9-10,12H2,1H3. The molecule has 0 atom stereocenters. The van der Waals surface area contributed by atoms with E-state index in [1.54, 1.807) is 31.3 Å². The molecule has 0 aliphatic carbocycles. The minimum absolute atomic E-state index is 0.0442. The number of rotatable bonds is 7. The zero-order valence-corrected chi connectivity index (χ0v) is 14.4. The zero-order chi connectivity index (χ0) is 18.2. The largest absolute Gasteiger partial charge is 0.508 e. The number of carbonyl (C=O) groups is 2. The number of benzene rings is 2. The number of hydrogen-bond donors (Lipinski definition) is 1. The second-order valence-corrected chi connectivity index (χ2v) is 5.68. The van der Waals surface area contributed by atoms with Crippen LogP contribution < -0.4 is 4.74 Å². The number of carbonyl (C=O) groups excluding carboxylic acids is 2. The molecule has 0 spiro atoms. The molecule has 2 rings (SSSR count). The average Bonchev–Trinajstić information content (AvgIpc) is 2.61. The predicted octanol–water partition coefficient (Wildman–Crippen LogP) is 2.74. The van der Waals surface area contributed by atoms with E-state index in [0.717, 1.165) is 0 Å². The van der Waals surface area contributed by atoms with Crippen molar-refractivity contribution in [2.24, 2.45) is 0 Å². The van der Waals surface area contributed by atoms with Gasteiger partial charge in [-0.3, -0.25) is 4.79 Å². The highest BCUT2D eigenvalue weighted by Gasteiger charge is 2.14. The van der Waals surface area contributed by atoms with E-state index in [9.17, 15) is 14.7 Å². The van der Waals surface area contributed by atoms with Crippen molar-refractivity contribution in [3.05, 3.63) is 59.1 Å². The smallest absolute Gasteiger partial charge is 0.338 e. The molecule has 0 aliphatic rings. The lowest BCUT2D eigenvalue weighted by atomic mass is 10.2. The number of hydrogen-bond acceptors (Lipinski definition) is 5. The Hall–Kier alpha value is -2.73. The van der Waals surface area contributed by atoms with Gasteiger partial charge in [-0.15, -0.1) is 0 Å². The van der Waals surface area contributed by atoms with E-state index in [1.165, 1.54) is 29.2 Å². The Kier molecular flexibility index (Phi) is 6.65. The maximum atomic E-state index is 12.0. The molecule has 0 unspecified atom stereocenters. The van der Waals surface area contributed by atoms with E-state index >= 15 is 0 Å². The number of aromatic hydroxyl groups is 1. The maximum absolute atomic E-state index is 12.0. The summed E-state index contributed by atoms with van der Waals surface area (Å²) in [6.45, 7) is 0.251. The molecule has 0 aliphatic heterocycles. The van der Waals surface area contributed by atoms with Crippen LogP contribution in [0.1, 0.15) is 10.4 Å². The molecule has 0 heterocycles. The lowest BCUT2D eigenvalue weighted by molar-refractivity contribution is -0.133. The molecule has 0 radical (unpaired) electrons. The Balaban J connectivity index is 1.72. The summed E-state index contributed by atoms with van der Waals surface area (Å²) in [5.41, 5.74) is 0.182. The van der Waals surface area contributed by atoms with Gasteiger partial charge in [-0.2, -0.15) is 0 Å². The van der Waals surface area contributed by atoms with E-state index < -0.39 is 5.97 Å². The van der Waals surface area contributed by atoms with E-state index in [4.69, 9.17) is 21.1 Å². The minimum Gasteiger partial charge on any atom is -0.508 e. The van der Waals surface area contributed by atoms with Gasteiger partial charge in [-0.1, -0.05) is 17.7 Å². The maximum Gasteiger partial charge on any atom is 0.338 e. The van der Waals surface area contributed by atoms with Crippen LogP contribution in [-0.4, -0.2) is 48.7 Å². The van der Waals surface area contributed by atoms with Crippen LogP contribution in [-0.2, 0) is 9.53 Å². The Morgan fingerprint density at radius 3 is 2.56 bits per heavy atom. The Morgan fingerprint density at radius 1 is 1.16 bits per heavy atom. The number of halogens is 1. The highest BCUT2D eigenvalue weighted by Crippen LogP contribution is 2.15. The molecular formula is C18H18ClNO5. The first-order valence-corrected chi connectivity index (χ1v) is 7.92. The summed E-state index contributed by atoms with van der Waals surface area (Å²) in [6.07, 6.45) is 0. The van der Waals surface area contributed by atoms with Crippen molar-refractivity contribution in [1.82, 2.24) is 4.90 Å². The van der Waals surface area contributed by atoms with Crippen molar-refractivity contribution in [1.29, 1.82) is 0 Å². The van der Waals surface area contributed by atoms with Gasteiger partial charge < -0.3 is 19.5 Å². The number of ether oxygens (including phenoxy) is 2. The van der Waals surface area contributed by atoms with Crippen molar-refractivity contribution in [3.63, 3.8) is 0 Å². The third-order valence-corrected chi connectivity index (χ3v) is 3.60. The number of esters is 1.